The van der Waals surface area contributed by atoms with E-state index in [-0.39, 0.29) is 6.04 Å². The molecule has 0 aromatic rings. The Morgan fingerprint density at radius 1 is 1.50 bits per heavy atom. The van der Waals surface area contributed by atoms with Crippen LogP contribution in [0.1, 0.15) is 12.8 Å². The van der Waals surface area contributed by atoms with Crippen LogP contribution in [-0.2, 0) is 10.2 Å². The average molecular weight is 166 g/mol. The van der Waals surface area contributed by atoms with Gasteiger partial charge in [0, 0.05) is 6.04 Å². The van der Waals surface area contributed by atoms with Gasteiger partial charge in [-0.15, -0.1) is 0 Å². The van der Waals surface area contributed by atoms with Crippen molar-refractivity contribution in [3.63, 3.8) is 0 Å². The Hall–Kier alpha value is -0.170. The summed E-state index contributed by atoms with van der Waals surface area (Å²) in [7, 11) is -3.42. The molecule has 0 bridgehead atoms. The second-order valence-corrected chi connectivity index (χ2v) is 3.73. The molecule has 1 fully saturated rings. The summed E-state index contributed by atoms with van der Waals surface area (Å²) in [6, 6.07) is 0.0871. The molecule has 0 aliphatic heterocycles. The van der Waals surface area contributed by atoms with Gasteiger partial charge >= 0.3 is 0 Å². The molecule has 0 aromatic heterocycles. The topological polar surface area (TPSA) is 78.4 Å². The third kappa shape index (κ3) is 2.61. The van der Waals surface area contributed by atoms with Gasteiger partial charge in [0.25, 0.3) is 10.2 Å². The molecule has 3 N–H and O–H groups in total. The zero-order valence-electron chi connectivity index (χ0n) is 5.37. The van der Waals surface area contributed by atoms with Gasteiger partial charge in [0.1, 0.15) is 6.73 Å². The molecule has 0 radical (unpaired) electrons. The fourth-order valence-corrected chi connectivity index (χ4v) is 1.48. The minimum atomic E-state index is -3.42. The third-order valence-corrected chi connectivity index (χ3v) is 2.31. The van der Waals surface area contributed by atoms with Crippen LogP contribution in [0.15, 0.2) is 0 Å². The molecule has 0 atom stereocenters. The van der Waals surface area contributed by atoms with E-state index in [2.05, 4.69) is 4.72 Å². The molecule has 1 saturated carbocycles. The lowest BCUT2D eigenvalue weighted by molar-refractivity contribution is 0.287. The first kappa shape index (κ1) is 7.93. The quantitative estimate of drug-likeness (QED) is 0.446. The Kier molecular flexibility index (Phi) is 2.24. The highest BCUT2D eigenvalue weighted by atomic mass is 32.2. The van der Waals surface area contributed by atoms with E-state index >= 15 is 0 Å². The number of aliphatic hydroxyl groups excluding tert-OH is 1. The molecule has 1 aliphatic rings. The molecule has 6 heteroatoms. The molecule has 0 saturated heterocycles. The number of aliphatic hydroxyl groups is 1. The molecular weight excluding hydrogens is 156 g/mol. The summed E-state index contributed by atoms with van der Waals surface area (Å²) in [5.41, 5.74) is 0. The molecular formula is C4H10N2O3S. The van der Waals surface area contributed by atoms with Gasteiger partial charge in [-0.3, -0.25) is 0 Å². The van der Waals surface area contributed by atoms with E-state index in [1.54, 1.807) is 0 Å². The molecule has 0 unspecified atom stereocenters. The predicted octanol–water partition coefficient (Wildman–Crippen LogP) is -1.48. The minimum Gasteiger partial charge on any atom is -0.380 e. The van der Waals surface area contributed by atoms with Gasteiger partial charge in [0.15, 0.2) is 0 Å². The van der Waals surface area contributed by atoms with Crippen LogP contribution >= 0.6 is 0 Å². The second-order valence-electron chi connectivity index (χ2n) is 2.20. The van der Waals surface area contributed by atoms with Crippen LogP contribution in [0.2, 0.25) is 0 Å². The fraction of sp³-hybridized carbons (Fsp3) is 1.00. The van der Waals surface area contributed by atoms with Crippen molar-refractivity contribution in [2.75, 3.05) is 6.73 Å². The second kappa shape index (κ2) is 2.83. The van der Waals surface area contributed by atoms with Crippen molar-refractivity contribution in [3.05, 3.63) is 0 Å². The fourth-order valence-electron chi connectivity index (χ4n) is 0.547. The number of hydrogen-bond acceptors (Lipinski definition) is 3. The van der Waals surface area contributed by atoms with Crippen LogP contribution in [-0.4, -0.2) is 26.3 Å². The van der Waals surface area contributed by atoms with E-state index in [9.17, 15) is 8.42 Å². The molecule has 0 spiro atoms. The molecule has 5 nitrogen and oxygen atoms in total. The Balaban J connectivity index is 2.34. The SMILES string of the molecule is O=S(=O)(NCO)NC1CC1. The van der Waals surface area contributed by atoms with Gasteiger partial charge in [-0.05, 0) is 12.8 Å². The van der Waals surface area contributed by atoms with Crippen molar-refractivity contribution in [2.24, 2.45) is 0 Å². The predicted molar refractivity (Wildman–Crippen MR) is 35.3 cm³/mol. The lowest BCUT2D eigenvalue weighted by Gasteiger charge is -2.02. The summed E-state index contributed by atoms with van der Waals surface area (Å²) in [5, 5.41) is 8.20. The van der Waals surface area contributed by atoms with Crippen LogP contribution in [0, 0.1) is 0 Å². The van der Waals surface area contributed by atoms with Gasteiger partial charge in [-0.25, -0.2) is 0 Å². The standard InChI is InChI=1S/C4H10N2O3S/c7-3-5-10(8,9)6-4-1-2-4/h4-7H,1-3H2. The molecule has 10 heavy (non-hydrogen) atoms. The average Bonchev–Trinajstić information content (AvgIpc) is 2.48. The highest BCUT2D eigenvalue weighted by Gasteiger charge is 2.26. The van der Waals surface area contributed by atoms with E-state index in [0.29, 0.717) is 0 Å². The van der Waals surface area contributed by atoms with Crippen LogP contribution in [0.4, 0.5) is 0 Å². The van der Waals surface area contributed by atoms with Crippen LogP contribution in [0.5, 0.6) is 0 Å². The largest absolute Gasteiger partial charge is 0.380 e. The molecule has 1 rings (SSSR count). The van der Waals surface area contributed by atoms with Crippen molar-refractivity contribution in [1.29, 1.82) is 0 Å². The first-order valence-electron chi connectivity index (χ1n) is 3.02. The number of hydrogen-bond donors (Lipinski definition) is 3. The van der Waals surface area contributed by atoms with Gasteiger partial charge < -0.3 is 5.11 Å². The van der Waals surface area contributed by atoms with Gasteiger partial charge in [0.05, 0.1) is 0 Å². The van der Waals surface area contributed by atoms with Gasteiger partial charge in [-0.1, -0.05) is 0 Å². The summed E-state index contributed by atoms with van der Waals surface area (Å²) >= 11 is 0. The van der Waals surface area contributed by atoms with Crippen LogP contribution in [0.25, 0.3) is 0 Å². The number of nitrogens with one attached hydrogen (secondary N) is 2. The van der Waals surface area contributed by atoms with Crippen LogP contribution in [0.3, 0.4) is 0 Å². The minimum absolute atomic E-state index is 0.0871. The van der Waals surface area contributed by atoms with Crippen LogP contribution < -0.4 is 9.44 Å². The normalized spacial score (nSPS) is 19.3. The van der Waals surface area contributed by atoms with E-state index in [1.807, 2.05) is 4.72 Å². The Labute approximate surface area is 59.6 Å². The molecule has 1 aliphatic carbocycles. The summed E-state index contributed by atoms with van der Waals surface area (Å²) in [6.07, 6.45) is 1.79. The summed E-state index contributed by atoms with van der Waals surface area (Å²) in [5.74, 6) is 0. The third-order valence-electron chi connectivity index (χ3n) is 1.15. The Bertz CT molecular complexity index is 197. The molecule has 0 amide bonds. The molecule has 0 aromatic carbocycles. The van der Waals surface area contributed by atoms with Gasteiger partial charge in [-0.2, -0.15) is 17.9 Å². The van der Waals surface area contributed by atoms with Crippen molar-refractivity contribution in [3.8, 4) is 0 Å². The lowest BCUT2D eigenvalue weighted by Crippen LogP contribution is -2.38. The maximum atomic E-state index is 10.7. The highest BCUT2D eigenvalue weighted by Crippen LogP contribution is 2.18. The lowest BCUT2D eigenvalue weighted by atomic mass is 10.8. The van der Waals surface area contributed by atoms with Gasteiger partial charge in [0.2, 0.25) is 0 Å². The van der Waals surface area contributed by atoms with E-state index in [0.717, 1.165) is 12.8 Å². The van der Waals surface area contributed by atoms with E-state index in [4.69, 9.17) is 5.11 Å². The summed E-state index contributed by atoms with van der Waals surface area (Å²) < 4.78 is 25.6. The molecule has 0 heterocycles. The maximum absolute atomic E-state index is 10.7. The van der Waals surface area contributed by atoms with E-state index in [1.165, 1.54) is 0 Å². The summed E-state index contributed by atoms with van der Waals surface area (Å²) in [4.78, 5) is 0. The van der Waals surface area contributed by atoms with Crippen molar-refractivity contribution < 1.29 is 13.5 Å². The first-order valence-corrected chi connectivity index (χ1v) is 4.50. The van der Waals surface area contributed by atoms with Crippen molar-refractivity contribution in [1.82, 2.24) is 9.44 Å². The molecule has 60 valence electrons. The van der Waals surface area contributed by atoms with E-state index < -0.39 is 16.9 Å². The summed E-state index contributed by atoms with van der Waals surface area (Å²) in [6.45, 7) is -0.554. The monoisotopic (exact) mass is 166 g/mol. The smallest absolute Gasteiger partial charge is 0.279 e. The zero-order valence-corrected chi connectivity index (χ0v) is 6.19. The van der Waals surface area contributed by atoms with Crippen molar-refractivity contribution >= 4 is 10.2 Å². The maximum Gasteiger partial charge on any atom is 0.279 e. The Morgan fingerprint density at radius 2 is 2.10 bits per heavy atom. The van der Waals surface area contributed by atoms with Crippen molar-refractivity contribution in [2.45, 2.75) is 18.9 Å². The first-order chi connectivity index (χ1) is 4.64. The highest BCUT2D eigenvalue weighted by molar-refractivity contribution is 7.87. The number of rotatable bonds is 4. The zero-order chi connectivity index (χ0) is 7.61. The Morgan fingerprint density at radius 3 is 2.50 bits per heavy atom.